The van der Waals surface area contributed by atoms with Crippen LogP contribution in [0.1, 0.15) is 28.6 Å². The van der Waals surface area contributed by atoms with Crippen LogP contribution < -0.4 is 10.6 Å². The van der Waals surface area contributed by atoms with Gasteiger partial charge in [0.2, 0.25) is 5.91 Å². The second-order valence-corrected chi connectivity index (χ2v) is 6.30. The van der Waals surface area contributed by atoms with Crippen molar-refractivity contribution >= 4 is 23.2 Å². The molecule has 0 aliphatic carbocycles. The third-order valence-corrected chi connectivity index (χ3v) is 4.23. The molecule has 0 radical (unpaired) electrons. The van der Waals surface area contributed by atoms with Crippen molar-refractivity contribution in [2.24, 2.45) is 0 Å². The minimum absolute atomic E-state index is 0.192. The lowest BCUT2D eigenvalue weighted by Crippen LogP contribution is -2.45. The fraction of sp³-hybridized carbons (Fsp3) is 0.333. The smallest absolute Gasteiger partial charge is 0.261 e. The van der Waals surface area contributed by atoms with Gasteiger partial charge in [-0.3, -0.25) is 9.59 Å². The Bertz CT molecular complexity index is 629. The van der Waals surface area contributed by atoms with E-state index in [2.05, 4.69) is 10.6 Å². The molecule has 1 aromatic carbocycles. The fourth-order valence-corrected chi connectivity index (χ4v) is 2.67. The molecule has 0 fully saturated rings. The summed E-state index contributed by atoms with van der Waals surface area (Å²) in [4.78, 5) is 24.4. The van der Waals surface area contributed by atoms with Crippen molar-refractivity contribution in [3.05, 3.63) is 58.3 Å². The Labute approximate surface area is 146 Å². The molecule has 1 aromatic heterocycles. The van der Waals surface area contributed by atoms with Crippen LogP contribution in [0.15, 0.2) is 47.8 Å². The summed E-state index contributed by atoms with van der Waals surface area (Å²) in [6, 6.07) is 12.9. The first-order chi connectivity index (χ1) is 11.7. The second-order valence-electron chi connectivity index (χ2n) is 5.36. The number of rotatable bonds is 9. The van der Waals surface area contributed by atoms with E-state index in [0.717, 1.165) is 12.0 Å². The Hall–Kier alpha value is -2.18. The maximum Gasteiger partial charge on any atom is 0.261 e. The number of carbonyl (C=O) groups excluding carboxylic acids is 2. The third kappa shape index (κ3) is 6.14. The molecule has 2 rings (SSSR count). The van der Waals surface area contributed by atoms with Crippen LogP contribution in [-0.4, -0.2) is 31.0 Å². The molecule has 128 valence electrons. The summed E-state index contributed by atoms with van der Waals surface area (Å²) in [7, 11) is 0. The fourth-order valence-electron chi connectivity index (χ4n) is 2.04. The summed E-state index contributed by atoms with van der Waals surface area (Å²) < 4.78 is 5.56. The highest BCUT2D eigenvalue weighted by Crippen LogP contribution is 2.08. The zero-order valence-electron chi connectivity index (χ0n) is 13.7. The van der Waals surface area contributed by atoms with Gasteiger partial charge in [-0.25, -0.2) is 0 Å². The molecule has 1 atom stereocenters. The van der Waals surface area contributed by atoms with Gasteiger partial charge in [-0.2, -0.15) is 0 Å². The number of thiophene rings is 1. The highest BCUT2D eigenvalue weighted by atomic mass is 32.1. The molecule has 0 saturated heterocycles. The number of ether oxygens (including phenoxy) is 1. The van der Waals surface area contributed by atoms with E-state index in [-0.39, 0.29) is 11.8 Å². The number of hydrogen-bond donors (Lipinski definition) is 2. The summed E-state index contributed by atoms with van der Waals surface area (Å²) in [5, 5.41) is 7.31. The van der Waals surface area contributed by atoms with E-state index in [1.165, 1.54) is 11.3 Å². The van der Waals surface area contributed by atoms with E-state index in [9.17, 15) is 9.59 Å². The molecule has 0 spiro atoms. The molecular formula is C18H22N2O3S. The Morgan fingerprint density at radius 1 is 1.17 bits per heavy atom. The Morgan fingerprint density at radius 3 is 2.67 bits per heavy atom. The molecule has 0 bridgehead atoms. The first-order valence-corrected chi connectivity index (χ1v) is 8.78. The third-order valence-electron chi connectivity index (χ3n) is 3.36. The van der Waals surface area contributed by atoms with E-state index in [4.69, 9.17) is 4.74 Å². The normalized spacial score (nSPS) is 11.7. The molecule has 5 nitrogen and oxygen atoms in total. The van der Waals surface area contributed by atoms with Crippen molar-refractivity contribution in [3.63, 3.8) is 0 Å². The van der Waals surface area contributed by atoms with Crippen molar-refractivity contribution in [1.82, 2.24) is 10.6 Å². The van der Waals surface area contributed by atoms with E-state index < -0.39 is 6.04 Å². The second kappa shape index (κ2) is 9.85. The van der Waals surface area contributed by atoms with Gasteiger partial charge in [0, 0.05) is 13.2 Å². The van der Waals surface area contributed by atoms with Gasteiger partial charge in [0.05, 0.1) is 11.5 Å². The van der Waals surface area contributed by atoms with Gasteiger partial charge in [0.15, 0.2) is 0 Å². The van der Waals surface area contributed by atoms with E-state index in [1.54, 1.807) is 19.1 Å². The summed E-state index contributed by atoms with van der Waals surface area (Å²) in [6.07, 6.45) is 0.726. The van der Waals surface area contributed by atoms with Crippen LogP contribution in [0.4, 0.5) is 0 Å². The lowest BCUT2D eigenvalue weighted by molar-refractivity contribution is -0.122. The molecule has 24 heavy (non-hydrogen) atoms. The summed E-state index contributed by atoms with van der Waals surface area (Å²) in [6.45, 7) is 3.34. The predicted molar refractivity (Wildman–Crippen MR) is 95.0 cm³/mol. The largest absolute Gasteiger partial charge is 0.377 e. The van der Waals surface area contributed by atoms with Crippen molar-refractivity contribution in [1.29, 1.82) is 0 Å². The summed E-state index contributed by atoms with van der Waals surface area (Å²) in [5.41, 5.74) is 1.13. The average Bonchev–Trinajstić information content (AvgIpc) is 3.13. The van der Waals surface area contributed by atoms with Crippen LogP contribution >= 0.6 is 11.3 Å². The predicted octanol–water partition coefficient (Wildman–Crippen LogP) is 2.59. The standard InChI is InChI=1S/C18H22N2O3S/c1-14(20-18(22)16-9-5-12-24-16)17(21)19-10-6-11-23-13-15-7-3-2-4-8-15/h2-5,7-9,12,14H,6,10-11,13H2,1H3,(H,19,21)(H,20,22). The van der Waals surface area contributed by atoms with Crippen LogP contribution in [0, 0.1) is 0 Å². The molecule has 2 aromatic rings. The van der Waals surface area contributed by atoms with Gasteiger partial charge in [0.1, 0.15) is 6.04 Å². The zero-order chi connectivity index (χ0) is 17.2. The lowest BCUT2D eigenvalue weighted by Gasteiger charge is -2.13. The molecule has 0 aliphatic heterocycles. The summed E-state index contributed by atoms with van der Waals surface area (Å²) >= 11 is 1.35. The molecule has 6 heteroatoms. The molecule has 2 N–H and O–H groups in total. The van der Waals surface area contributed by atoms with Crippen molar-refractivity contribution in [2.75, 3.05) is 13.2 Å². The number of nitrogens with one attached hydrogen (secondary N) is 2. The first kappa shape index (κ1) is 18.2. The molecule has 1 unspecified atom stereocenters. The molecular weight excluding hydrogens is 324 g/mol. The highest BCUT2D eigenvalue weighted by Gasteiger charge is 2.16. The number of carbonyl (C=O) groups is 2. The Kier molecular flexibility index (Phi) is 7.45. The molecule has 0 aliphatic rings. The van der Waals surface area contributed by atoms with Gasteiger partial charge >= 0.3 is 0 Å². The topological polar surface area (TPSA) is 67.4 Å². The zero-order valence-corrected chi connectivity index (χ0v) is 14.5. The molecule has 0 saturated carbocycles. The van der Waals surface area contributed by atoms with Gasteiger partial charge in [-0.1, -0.05) is 36.4 Å². The van der Waals surface area contributed by atoms with E-state index in [0.29, 0.717) is 24.6 Å². The van der Waals surface area contributed by atoms with Gasteiger partial charge in [-0.15, -0.1) is 11.3 Å². The summed E-state index contributed by atoms with van der Waals surface area (Å²) in [5.74, 6) is -0.415. The number of amides is 2. The van der Waals surface area contributed by atoms with Crippen LogP contribution in [0.3, 0.4) is 0 Å². The average molecular weight is 346 g/mol. The van der Waals surface area contributed by atoms with E-state index >= 15 is 0 Å². The maximum atomic E-state index is 11.9. The van der Waals surface area contributed by atoms with Crippen LogP contribution in [0.5, 0.6) is 0 Å². The Balaban J connectivity index is 1.56. The quantitative estimate of drug-likeness (QED) is 0.686. The van der Waals surface area contributed by atoms with Gasteiger partial charge < -0.3 is 15.4 Å². The maximum absolute atomic E-state index is 11.9. The Morgan fingerprint density at radius 2 is 1.96 bits per heavy atom. The van der Waals surface area contributed by atoms with Gasteiger partial charge in [0.25, 0.3) is 5.91 Å². The first-order valence-electron chi connectivity index (χ1n) is 7.90. The van der Waals surface area contributed by atoms with E-state index in [1.807, 2.05) is 35.7 Å². The van der Waals surface area contributed by atoms with Gasteiger partial charge in [-0.05, 0) is 30.4 Å². The highest BCUT2D eigenvalue weighted by molar-refractivity contribution is 7.12. The van der Waals surface area contributed by atoms with Crippen molar-refractivity contribution in [3.8, 4) is 0 Å². The van der Waals surface area contributed by atoms with Crippen molar-refractivity contribution in [2.45, 2.75) is 26.0 Å². The number of benzene rings is 1. The van der Waals surface area contributed by atoms with Crippen molar-refractivity contribution < 1.29 is 14.3 Å². The lowest BCUT2D eigenvalue weighted by atomic mass is 10.2. The minimum Gasteiger partial charge on any atom is -0.377 e. The van der Waals surface area contributed by atoms with Crippen LogP contribution in [0.25, 0.3) is 0 Å². The molecule has 2 amide bonds. The minimum atomic E-state index is -0.565. The SMILES string of the molecule is CC(NC(=O)c1cccs1)C(=O)NCCCOCc1ccccc1. The molecule has 1 heterocycles. The number of hydrogen-bond acceptors (Lipinski definition) is 4. The van der Waals surface area contributed by atoms with Crippen LogP contribution in [-0.2, 0) is 16.1 Å². The monoisotopic (exact) mass is 346 g/mol. The van der Waals surface area contributed by atoms with Crippen LogP contribution in [0.2, 0.25) is 0 Å².